The van der Waals surface area contributed by atoms with Gasteiger partial charge in [0.05, 0.1) is 18.6 Å². The maximum absolute atomic E-state index is 14.3. The Morgan fingerprint density at radius 3 is 2.74 bits per heavy atom. The molecule has 0 aromatic carbocycles. The third-order valence-corrected chi connectivity index (χ3v) is 5.09. The van der Waals surface area contributed by atoms with Gasteiger partial charge in [-0.25, -0.2) is 4.39 Å². The van der Waals surface area contributed by atoms with Crippen LogP contribution in [0.4, 0.5) is 23.4 Å². The number of aromatic nitrogens is 1. The highest BCUT2D eigenvalue weighted by Crippen LogP contribution is 2.57. The third-order valence-electron chi connectivity index (χ3n) is 5.09. The SMILES string of the molecule is COc1nc(NCC2(C(F)(F)F)CC2)c(F)cc1CNC(=O)C1CCCN1. The van der Waals surface area contributed by atoms with Gasteiger partial charge in [0.15, 0.2) is 11.6 Å². The summed E-state index contributed by atoms with van der Waals surface area (Å²) >= 11 is 0. The van der Waals surface area contributed by atoms with Gasteiger partial charge in [-0.05, 0) is 38.3 Å². The molecule has 1 aliphatic heterocycles. The van der Waals surface area contributed by atoms with E-state index in [0.717, 1.165) is 25.5 Å². The molecule has 6 nitrogen and oxygen atoms in total. The molecular formula is C17H22F4N4O2. The van der Waals surface area contributed by atoms with Crippen molar-refractivity contribution in [3.63, 3.8) is 0 Å². The van der Waals surface area contributed by atoms with E-state index in [1.165, 1.54) is 7.11 Å². The molecule has 0 spiro atoms. The molecule has 1 atom stereocenters. The molecule has 0 bridgehead atoms. The van der Waals surface area contributed by atoms with Gasteiger partial charge < -0.3 is 20.7 Å². The lowest BCUT2D eigenvalue weighted by atomic mass is 10.1. The molecule has 0 radical (unpaired) electrons. The molecule has 2 fully saturated rings. The summed E-state index contributed by atoms with van der Waals surface area (Å²) in [5.41, 5.74) is -1.50. The molecule has 1 amide bonds. The maximum atomic E-state index is 14.3. The van der Waals surface area contributed by atoms with Crippen molar-refractivity contribution in [1.29, 1.82) is 0 Å². The number of carbonyl (C=O) groups excluding carboxylic acids is 1. The lowest BCUT2D eigenvalue weighted by Gasteiger charge is -2.20. The molecule has 150 valence electrons. The lowest BCUT2D eigenvalue weighted by molar-refractivity contribution is -0.182. The number of amides is 1. The minimum Gasteiger partial charge on any atom is -0.481 e. The summed E-state index contributed by atoms with van der Waals surface area (Å²) in [4.78, 5) is 16.0. The van der Waals surface area contributed by atoms with Gasteiger partial charge >= 0.3 is 6.18 Å². The lowest BCUT2D eigenvalue weighted by Crippen LogP contribution is -2.40. The molecular weight excluding hydrogens is 368 g/mol. The summed E-state index contributed by atoms with van der Waals surface area (Å²) in [6.45, 7) is 0.348. The molecule has 1 saturated heterocycles. The van der Waals surface area contributed by atoms with Gasteiger partial charge in [-0.1, -0.05) is 0 Å². The average Bonchev–Trinajstić information content (AvgIpc) is 3.23. The smallest absolute Gasteiger partial charge is 0.396 e. The van der Waals surface area contributed by atoms with Crippen molar-refractivity contribution in [3.05, 3.63) is 17.4 Å². The minimum atomic E-state index is -4.33. The van der Waals surface area contributed by atoms with E-state index in [4.69, 9.17) is 4.74 Å². The highest BCUT2D eigenvalue weighted by atomic mass is 19.4. The van der Waals surface area contributed by atoms with Gasteiger partial charge in [0.1, 0.15) is 0 Å². The number of rotatable bonds is 7. The summed E-state index contributed by atoms with van der Waals surface area (Å²) in [7, 11) is 1.33. The van der Waals surface area contributed by atoms with Crippen LogP contribution in [0.2, 0.25) is 0 Å². The molecule has 1 saturated carbocycles. The van der Waals surface area contributed by atoms with Crippen molar-refractivity contribution in [1.82, 2.24) is 15.6 Å². The number of ether oxygens (including phenoxy) is 1. The van der Waals surface area contributed by atoms with Crippen LogP contribution in [0.25, 0.3) is 0 Å². The van der Waals surface area contributed by atoms with E-state index < -0.39 is 24.0 Å². The first-order valence-corrected chi connectivity index (χ1v) is 8.81. The highest BCUT2D eigenvalue weighted by molar-refractivity contribution is 5.82. The Hall–Kier alpha value is -2.10. The zero-order valence-electron chi connectivity index (χ0n) is 14.9. The highest BCUT2D eigenvalue weighted by Gasteiger charge is 2.62. The predicted molar refractivity (Wildman–Crippen MR) is 89.8 cm³/mol. The molecule has 10 heteroatoms. The molecule has 1 aromatic rings. The number of nitrogens with zero attached hydrogens (tertiary/aromatic N) is 1. The van der Waals surface area contributed by atoms with Crippen molar-refractivity contribution in [3.8, 4) is 5.88 Å². The first-order chi connectivity index (χ1) is 12.8. The largest absolute Gasteiger partial charge is 0.481 e. The van der Waals surface area contributed by atoms with Crippen molar-refractivity contribution < 1.29 is 27.1 Å². The Kier molecular flexibility index (Phi) is 5.45. The number of halogens is 4. The number of anilines is 1. The summed E-state index contributed by atoms with van der Waals surface area (Å²) in [5.74, 6) is -1.24. The van der Waals surface area contributed by atoms with Crippen LogP contribution in [0.5, 0.6) is 5.88 Å². The zero-order chi connectivity index (χ0) is 19.7. The van der Waals surface area contributed by atoms with Crippen LogP contribution in [-0.2, 0) is 11.3 Å². The Bertz CT molecular complexity index is 701. The van der Waals surface area contributed by atoms with E-state index in [9.17, 15) is 22.4 Å². The second kappa shape index (κ2) is 7.49. The number of alkyl halides is 3. The summed E-state index contributed by atoms with van der Waals surface area (Å²) < 4.78 is 58.4. The second-order valence-corrected chi connectivity index (χ2v) is 6.99. The first-order valence-electron chi connectivity index (χ1n) is 8.81. The topological polar surface area (TPSA) is 75.3 Å². The fraction of sp³-hybridized carbons (Fsp3) is 0.647. The number of carbonyl (C=O) groups is 1. The molecule has 2 heterocycles. The van der Waals surface area contributed by atoms with Gasteiger partial charge in [0, 0.05) is 18.7 Å². The van der Waals surface area contributed by atoms with Crippen molar-refractivity contribution in [2.75, 3.05) is 25.5 Å². The van der Waals surface area contributed by atoms with Crippen LogP contribution in [0.3, 0.4) is 0 Å². The molecule has 1 unspecified atom stereocenters. The fourth-order valence-corrected chi connectivity index (χ4v) is 3.12. The Labute approximate surface area is 154 Å². The molecule has 1 aliphatic carbocycles. The Morgan fingerprint density at radius 1 is 1.44 bits per heavy atom. The van der Waals surface area contributed by atoms with E-state index >= 15 is 0 Å². The minimum absolute atomic E-state index is 0.0108. The molecule has 3 N–H and O–H groups in total. The number of nitrogens with one attached hydrogen (secondary N) is 3. The van der Waals surface area contributed by atoms with Gasteiger partial charge in [0.2, 0.25) is 11.8 Å². The quantitative estimate of drug-likeness (QED) is 0.624. The van der Waals surface area contributed by atoms with Gasteiger partial charge in [-0.3, -0.25) is 4.79 Å². The molecule has 3 rings (SSSR count). The average molecular weight is 390 g/mol. The van der Waals surface area contributed by atoms with Gasteiger partial charge in [-0.2, -0.15) is 18.2 Å². The number of hydrogen-bond donors (Lipinski definition) is 3. The van der Waals surface area contributed by atoms with Crippen LogP contribution in [0.1, 0.15) is 31.2 Å². The van der Waals surface area contributed by atoms with Crippen LogP contribution in [0.15, 0.2) is 6.07 Å². The van der Waals surface area contributed by atoms with Crippen LogP contribution >= 0.6 is 0 Å². The number of methoxy groups -OCH3 is 1. The summed E-state index contributed by atoms with van der Waals surface area (Å²) in [6.07, 6.45) is -2.65. The van der Waals surface area contributed by atoms with Crippen LogP contribution in [0, 0.1) is 11.2 Å². The summed E-state index contributed by atoms with van der Waals surface area (Å²) in [5, 5.41) is 8.20. The predicted octanol–water partition coefficient (Wildman–Crippen LogP) is 2.35. The van der Waals surface area contributed by atoms with E-state index in [1.54, 1.807) is 0 Å². The monoisotopic (exact) mass is 390 g/mol. The van der Waals surface area contributed by atoms with E-state index in [0.29, 0.717) is 5.56 Å². The number of hydrogen-bond acceptors (Lipinski definition) is 5. The standard InChI is InChI=1S/C17H22F4N4O2/c1-27-15-10(8-23-14(26)12-3-2-6-22-12)7-11(18)13(25-15)24-9-16(4-5-16)17(19,20)21/h7,12,22H,2-6,8-9H2,1H3,(H,23,26)(H,24,25). The molecule has 27 heavy (non-hydrogen) atoms. The van der Waals surface area contributed by atoms with E-state index in [-0.39, 0.29) is 43.0 Å². The van der Waals surface area contributed by atoms with Gasteiger partial charge in [-0.15, -0.1) is 0 Å². The Balaban J connectivity index is 1.65. The van der Waals surface area contributed by atoms with E-state index in [1.807, 2.05) is 0 Å². The zero-order valence-corrected chi connectivity index (χ0v) is 14.9. The van der Waals surface area contributed by atoms with Crippen molar-refractivity contribution in [2.24, 2.45) is 5.41 Å². The molecule has 2 aliphatic rings. The maximum Gasteiger partial charge on any atom is 0.396 e. The van der Waals surface area contributed by atoms with Crippen LogP contribution < -0.4 is 20.7 Å². The first kappa shape index (κ1) is 19.7. The van der Waals surface area contributed by atoms with Gasteiger partial charge in [0.25, 0.3) is 0 Å². The molecule has 1 aromatic heterocycles. The normalized spacial score (nSPS) is 21.0. The fourth-order valence-electron chi connectivity index (χ4n) is 3.12. The number of pyridine rings is 1. The van der Waals surface area contributed by atoms with Crippen LogP contribution in [-0.4, -0.2) is 43.3 Å². The van der Waals surface area contributed by atoms with E-state index in [2.05, 4.69) is 20.9 Å². The van der Waals surface area contributed by atoms with Crippen molar-refractivity contribution >= 4 is 11.7 Å². The van der Waals surface area contributed by atoms with Crippen molar-refractivity contribution in [2.45, 2.75) is 44.4 Å². The third kappa shape index (κ3) is 4.26. The Morgan fingerprint density at radius 2 is 2.19 bits per heavy atom. The summed E-state index contributed by atoms with van der Waals surface area (Å²) in [6, 6.07) is 0.843. The second-order valence-electron chi connectivity index (χ2n) is 6.99.